The Balaban J connectivity index is 2.51. The zero-order valence-corrected chi connectivity index (χ0v) is 15.3. The number of hydrogen-bond acceptors (Lipinski definition) is 7. The van der Waals surface area contributed by atoms with E-state index in [2.05, 4.69) is 5.32 Å². The van der Waals surface area contributed by atoms with E-state index in [1.807, 2.05) is 0 Å². The quantitative estimate of drug-likeness (QED) is 0.415. The zero-order chi connectivity index (χ0) is 20.0. The molecule has 0 radical (unpaired) electrons. The van der Waals surface area contributed by atoms with Crippen LogP contribution in [-0.2, 0) is 9.53 Å². The molecule has 0 aliphatic carbocycles. The van der Waals surface area contributed by atoms with Gasteiger partial charge >= 0.3 is 5.97 Å². The number of nitrogens with one attached hydrogen (secondary N) is 1. The van der Waals surface area contributed by atoms with Gasteiger partial charge in [-0.15, -0.1) is 0 Å². The van der Waals surface area contributed by atoms with Crippen molar-refractivity contribution in [2.75, 3.05) is 19.0 Å². The molecule has 0 saturated heterocycles. The first-order valence-corrected chi connectivity index (χ1v) is 8.34. The maximum atomic E-state index is 12.3. The number of nitro groups is 1. The van der Waals surface area contributed by atoms with Crippen molar-refractivity contribution >= 4 is 17.3 Å². The third kappa shape index (κ3) is 4.53. The molecular formula is C19H22N2O6. The molecule has 0 bridgehead atoms. The number of nitro benzene ring substituents is 1. The lowest BCUT2D eigenvalue weighted by atomic mass is 9.88. The standard InChI is InChI=1S/C19H22N2O6/c1-4-27-18(22)19(2,23)17(15-7-5-6-8-16(15)21(24)25)20-13-9-11-14(26-3)12-10-13/h5-12,17,20,23H,4H2,1-3H3/t17-,19-/m0/s1. The normalized spacial score (nSPS) is 13.9. The molecule has 8 heteroatoms. The van der Waals surface area contributed by atoms with Gasteiger partial charge < -0.3 is 19.9 Å². The summed E-state index contributed by atoms with van der Waals surface area (Å²) in [5, 5.41) is 25.4. The van der Waals surface area contributed by atoms with Crippen molar-refractivity contribution in [3.05, 3.63) is 64.2 Å². The minimum atomic E-state index is -2.05. The second kappa shape index (κ2) is 8.50. The van der Waals surface area contributed by atoms with Crippen LogP contribution >= 0.6 is 0 Å². The van der Waals surface area contributed by atoms with Gasteiger partial charge in [0.05, 0.1) is 30.2 Å². The third-order valence-corrected chi connectivity index (χ3v) is 4.10. The van der Waals surface area contributed by atoms with E-state index in [4.69, 9.17) is 9.47 Å². The Morgan fingerprint density at radius 2 is 1.89 bits per heavy atom. The van der Waals surface area contributed by atoms with E-state index in [0.29, 0.717) is 11.4 Å². The number of anilines is 1. The molecule has 144 valence electrons. The van der Waals surface area contributed by atoms with Crippen molar-refractivity contribution in [3.8, 4) is 5.75 Å². The number of carbonyl (C=O) groups is 1. The second-order valence-corrected chi connectivity index (χ2v) is 5.99. The van der Waals surface area contributed by atoms with Crippen LogP contribution in [-0.4, -0.2) is 35.3 Å². The average Bonchev–Trinajstić information content (AvgIpc) is 2.66. The van der Waals surface area contributed by atoms with Crippen molar-refractivity contribution in [2.45, 2.75) is 25.5 Å². The van der Waals surface area contributed by atoms with E-state index in [1.165, 1.54) is 32.2 Å². The molecule has 0 unspecified atom stereocenters. The maximum absolute atomic E-state index is 12.3. The lowest BCUT2D eigenvalue weighted by Gasteiger charge is -2.32. The number of para-hydroxylation sites is 1. The minimum absolute atomic E-state index is 0.0706. The van der Waals surface area contributed by atoms with Gasteiger partial charge in [-0.25, -0.2) is 4.79 Å². The molecular weight excluding hydrogens is 352 g/mol. The van der Waals surface area contributed by atoms with Gasteiger partial charge in [0.15, 0.2) is 5.60 Å². The Bertz CT molecular complexity index is 804. The Labute approximate surface area is 156 Å². The van der Waals surface area contributed by atoms with Crippen LogP contribution in [0.1, 0.15) is 25.5 Å². The summed E-state index contributed by atoms with van der Waals surface area (Å²) in [6, 6.07) is 11.6. The number of ether oxygens (including phenoxy) is 2. The van der Waals surface area contributed by atoms with Gasteiger partial charge in [0.1, 0.15) is 5.75 Å². The van der Waals surface area contributed by atoms with Crippen LogP contribution in [0.3, 0.4) is 0 Å². The molecule has 27 heavy (non-hydrogen) atoms. The molecule has 0 heterocycles. The summed E-state index contributed by atoms with van der Waals surface area (Å²) in [7, 11) is 1.53. The van der Waals surface area contributed by atoms with Gasteiger partial charge in [0.25, 0.3) is 5.69 Å². The summed E-state index contributed by atoms with van der Waals surface area (Å²) in [4.78, 5) is 23.2. The first kappa shape index (κ1) is 20.2. The van der Waals surface area contributed by atoms with Gasteiger partial charge in [-0.05, 0) is 44.2 Å². The number of nitrogens with zero attached hydrogens (tertiary/aromatic N) is 1. The first-order valence-electron chi connectivity index (χ1n) is 8.34. The molecule has 0 spiro atoms. The lowest BCUT2D eigenvalue weighted by Crippen LogP contribution is -2.46. The fourth-order valence-corrected chi connectivity index (χ4v) is 2.67. The van der Waals surface area contributed by atoms with Crippen LogP contribution in [0.15, 0.2) is 48.5 Å². The molecule has 2 N–H and O–H groups in total. The van der Waals surface area contributed by atoms with E-state index >= 15 is 0 Å². The van der Waals surface area contributed by atoms with Crippen molar-refractivity contribution in [2.24, 2.45) is 0 Å². The smallest absolute Gasteiger partial charge is 0.340 e. The molecule has 0 aromatic heterocycles. The molecule has 2 aromatic rings. The second-order valence-electron chi connectivity index (χ2n) is 5.99. The summed E-state index contributed by atoms with van der Waals surface area (Å²) < 4.78 is 10.1. The number of rotatable bonds is 8. The molecule has 2 aromatic carbocycles. The van der Waals surface area contributed by atoms with Crippen molar-refractivity contribution in [1.29, 1.82) is 0 Å². The summed E-state index contributed by atoms with van der Waals surface area (Å²) in [5.41, 5.74) is -1.56. The van der Waals surface area contributed by atoms with E-state index < -0.39 is 22.5 Å². The van der Waals surface area contributed by atoms with Gasteiger partial charge in [-0.1, -0.05) is 12.1 Å². The molecule has 2 rings (SSSR count). The predicted octanol–water partition coefficient (Wildman–Crippen LogP) is 3.07. The molecule has 0 aliphatic rings. The molecule has 8 nitrogen and oxygen atoms in total. The Hall–Kier alpha value is -3.13. The van der Waals surface area contributed by atoms with Crippen LogP contribution in [0, 0.1) is 10.1 Å². The molecule has 0 saturated carbocycles. The molecule has 0 amide bonds. The number of aliphatic hydroxyl groups is 1. The summed E-state index contributed by atoms with van der Waals surface area (Å²) >= 11 is 0. The topological polar surface area (TPSA) is 111 Å². The summed E-state index contributed by atoms with van der Waals surface area (Å²) in [6.45, 7) is 2.95. The first-order chi connectivity index (χ1) is 12.8. The van der Waals surface area contributed by atoms with Gasteiger partial charge in [-0.3, -0.25) is 10.1 Å². The van der Waals surface area contributed by atoms with E-state index in [0.717, 1.165) is 0 Å². The van der Waals surface area contributed by atoms with E-state index in [1.54, 1.807) is 37.3 Å². The Kier molecular flexibility index (Phi) is 6.36. The number of hydrogen-bond donors (Lipinski definition) is 2. The highest BCUT2D eigenvalue weighted by Gasteiger charge is 2.44. The number of carbonyl (C=O) groups excluding carboxylic acids is 1. The monoisotopic (exact) mass is 374 g/mol. The van der Waals surface area contributed by atoms with Gasteiger partial charge in [0.2, 0.25) is 0 Å². The Morgan fingerprint density at radius 1 is 1.26 bits per heavy atom. The van der Waals surface area contributed by atoms with Crippen LogP contribution in [0.5, 0.6) is 5.75 Å². The van der Waals surface area contributed by atoms with Crippen LogP contribution in [0.2, 0.25) is 0 Å². The molecule has 0 aliphatic heterocycles. The SMILES string of the molecule is CCOC(=O)[C@@](C)(O)[C@@H](Nc1ccc(OC)cc1)c1ccccc1[N+](=O)[O-]. The number of esters is 1. The van der Waals surface area contributed by atoms with E-state index in [-0.39, 0.29) is 17.9 Å². The average molecular weight is 374 g/mol. The number of methoxy groups -OCH3 is 1. The predicted molar refractivity (Wildman–Crippen MR) is 99.7 cm³/mol. The van der Waals surface area contributed by atoms with Crippen molar-refractivity contribution < 1.29 is 24.3 Å². The fourth-order valence-electron chi connectivity index (χ4n) is 2.67. The van der Waals surface area contributed by atoms with Crippen LogP contribution in [0.4, 0.5) is 11.4 Å². The summed E-state index contributed by atoms with van der Waals surface area (Å²) in [6.07, 6.45) is 0. The highest BCUT2D eigenvalue weighted by atomic mass is 16.6. The largest absolute Gasteiger partial charge is 0.497 e. The minimum Gasteiger partial charge on any atom is -0.497 e. The van der Waals surface area contributed by atoms with Crippen LogP contribution < -0.4 is 10.1 Å². The summed E-state index contributed by atoms with van der Waals surface area (Å²) in [5.74, 6) is -0.255. The highest BCUT2D eigenvalue weighted by Crippen LogP contribution is 2.36. The van der Waals surface area contributed by atoms with Crippen LogP contribution in [0.25, 0.3) is 0 Å². The Morgan fingerprint density at radius 3 is 2.44 bits per heavy atom. The number of benzene rings is 2. The van der Waals surface area contributed by atoms with Crippen molar-refractivity contribution in [1.82, 2.24) is 0 Å². The zero-order valence-electron chi connectivity index (χ0n) is 15.3. The van der Waals surface area contributed by atoms with Gasteiger partial charge in [0, 0.05) is 11.8 Å². The van der Waals surface area contributed by atoms with Crippen molar-refractivity contribution in [3.63, 3.8) is 0 Å². The lowest BCUT2D eigenvalue weighted by molar-refractivity contribution is -0.385. The van der Waals surface area contributed by atoms with Gasteiger partial charge in [-0.2, -0.15) is 0 Å². The fraction of sp³-hybridized carbons (Fsp3) is 0.316. The third-order valence-electron chi connectivity index (χ3n) is 4.10. The molecule has 2 atom stereocenters. The maximum Gasteiger partial charge on any atom is 0.340 e. The van der Waals surface area contributed by atoms with E-state index in [9.17, 15) is 20.0 Å². The highest BCUT2D eigenvalue weighted by molar-refractivity contribution is 5.81. The molecule has 0 fully saturated rings.